The van der Waals surface area contributed by atoms with E-state index in [1.165, 1.54) is 0 Å². The molecule has 30 heavy (non-hydrogen) atoms. The molecule has 0 bridgehead atoms. The van der Waals surface area contributed by atoms with Gasteiger partial charge in [0.15, 0.2) is 5.75 Å². The van der Waals surface area contributed by atoms with Gasteiger partial charge in [-0.1, -0.05) is 42.5 Å². The maximum Gasteiger partial charge on any atom is 0.228 e. The molecule has 3 aromatic rings. The van der Waals surface area contributed by atoms with E-state index in [9.17, 15) is 9.59 Å². The molecule has 6 heteroatoms. The summed E-state index contributed by atoms with van der Waals surface area (Å²) in [7, 11) is 0. The average molecular weight is 397 g/mol. The van der Waals surface area contributed by atoms with Crippen molar-refractivity contribution >= 4 is 23.2 Å². The number of amides is 2. The number of nitrogens with one attached hydrogen (secondary N) is 2. The summed E-state index contributed by atoms with van der Waals surface area (Å²) in [5, 5.41) is 14.8. The lowest BCUT2D eigenvalue weighted by atomic mass is 10.2. The highest BCUT2D eigenvalue weighted by Gasteiger charge is 2.48. The van der Waals surface area contributed by atoms with Gasteiger partial charge in [-0.15, -0.1) is 0 Å². The van der Waals surface area contributed by atoms with Crippen molar-refractivity contribution in [1.82, 2.24) is 0 Å². The van der Waals surface area contributed by atoms with Crippen LogP contribution in [0.2, 0.25) is 0 Å². The Morgan fingerprint density at radius 2 is 1.37 bits per heavy atom. The highest BCUT2D eigenvalue weighted by atomic mass is 16.5. The van der Waals surface area contributed by atoms with Gasteiger partial charge in [0.05, 0.1) is 28.8 Å². The maximum absolute atomic E-state index is 12.7. The summed E-state index contributed by atoms with van der Waals surface area (Å²) in [5.74, 6) is -0.122. The second-order valence-electron chi connectivity index (χ2n) is 7.00. The summed E-state index contributed by atoms with van der Waals surface area (Å²) in [6, 6.07) is 25.3. The molecule has 0 aromatic heterocycles. The van der Waals surface area contributed by atoms with E-state index in [4.69, 9.17) is 10.00 Å². The molecule has 3 aromatic carbocycles. The van der Waals surface area contributed by atoms with Crippen LogP contribution in [0, 0.1) is 23.2 Å². The molecule has 1 fully saturated rings. The minimum absolute atomic E-state index is 0.229. The Morgan fingerprint density at radius 3 is 2.07 bits per heavy atom. The van der Waals surface area contributed by atoms with Gasteiger partial charge in [-0.3, -0.25) is 9.59 Å². The molecule has 4 rings (SSSR count). The average Bonchev–Trinajstić information content (AvgIpc) is 3.58. The fourth-order valence-corrected chi connectivity index (χ4v) is 3.19. The van der Waals surface area contributed by atoms with E-state index in [0.717, 1.165) is 0 Å². The number of nitrogens with zero attached hydrogens (tertiary/aromatic N) is 1. The first-order valence-electron chi connectivity index (χ1n) is 9.58. The molecule has 2 N–H and O–H groups in total. The summed E-state index contributed by atoms with van der Waals surface area (Å²) < 4.78 is 5.86. The molecule has 2 unspecified atom stereocenters. The highest BCUT2D eigenvalue weighted by Crippen LogP contribution is 2.41. The molecule has 1 saturated carbocycles. The number of rotatable bonds is 6. The molecule has 2 amide bonds. The first-order chi connectivity index (χ1) is 14.7. The van der Waals surface area contributed by atoms with Gasteiger partial charge in [0.2, 0.25) is 11.8 Å². The van der Waals surface area contributed by atoms with Crippen LogP contribution in [0.25, 0.3) is 0 Å². The minimum Gasteiger partial charge on any atom is -0.455 e. The molecule has 148 valence electrons. The van der Waals surface area contributed by atoms with E-state index >= 15 is 0 Å². The van der Waals surface area contributed by atoms with Crippen molar-refractivity contribution in [3.8, 4) is 17.6 Å². The van der Waals surface area contributed by atoms with Crippen LogP contribution in [0.3, 0.4) is 0 Å². The quantitative estimate of drug-likeness (QED) is 0.638. The zero-order valence-electron chi connectivity index (χ0n) is 16.0. The van der Waals surface area contributed by atoms with Crippen LogP contribution >= 0.6 is 0 Å². The van der Waals surface area contributed by atoms with Crippen LogP contribution in [0.4, 0.5) is 11.4 Å². The number of hydrogen-bond acceptors (Lipinski definition) is 4. The first kappa shape index (κ1) is 19.2. The van der Waals surface area contributed by atoms with Crippen molar-refractivity contribution in [3.63, 3.8) is 0 Å². The fraction of sp³-hybridized carbons (Fsp3) is 0.125. The molecule has 0 radical (unpaired) electrons. The Morgan fingerprint density at radius 1 is 0.800 bits per heavy atom. The van der Waals surface area contributed by atoms with Crippen LogP contribution in [-0.2, 0) is 9.59 Å². The lowest BCUT2D eigenvalue weighted by molar-refractivity contribution is -0.122. The van der Waals surface area contributed by atoms with Crippen molar-refractivity contribution in [1.29, 1.82) is 5.26 Å². The van der Waals surface area contributed by atoms with Crippen LogP contribution in [0.1, 0.15) is 12.0 Å². The largest absolute Gasteiger partial charge is 0.455 e. The van der Waals surface area contributed by atoms with Crippen molar-refractivity contribution in [2.75, 3.05) is 10.6 Å². The van der Waals surface area contributed by atoms with Crippen molar-refractivity contribution < 1.29 is 14.3 Å². The molecule has 0 spiro atoms. The standard InChI is InChI=1S/C24H19N3O3/c25-15-16-8-4-5-11-20(16)26-23(28)18-14-19(18)24(29)27-21-12-6-7-13-22(21)30-17-9-2-1-3-10-17/h1-13,18-19H,14H2,(H,26,28)(H,27,29). The number of para-hydroxylation sites is 4. The summed E-state index contributed by atoms with van der Waals surface area (Å²) in [4.78, 5) is 25.2. The molecule has 0 aliphatic heterocycles. The molecule has 0 heterocycles. The predicted octanol–water partition coefficient (Wildman–Crippen LogP) is 4.56. The van der Waals surface area contributed by atoms with Gasteiger partial charge in [0.1, 0.15) is 11.8 Å². The zero-order valence-corrected chi connectivity index (χ0v) is 16.0. The number of carbonyl (C=O) groups is 2. The summed E-state index contributed by atoms with van der Waals surface area (Å²) in [6.07, 6.45) is 0.466. The summed E-state index contributed by atoms with van der Waals surface area (Å²) in [5.41, 5.74) is 1.39. The lowest BCUT2D eigenvalue weighted by Crippen LogP contribution is -2.21. The van der Waals surface area contributed by atoms with E-state index in [1.807, 2.05) is 48.5 Å². The van der Waals surface area contributed by atoms with Crippen LogP contribution in [0.15, 0.2) is 78.9 Å². The molecule has 1 aliphatic carbocycles. The highest BCUT2D eigenvalue weighted by molar-refractivity contribution is 6.04. The van der Waals surface area contributed by atoms with E-state index in [-0.39, 0.29) is 11.8 Å². The van der Waals surface area contributed by atoms with Crippen molar-refractivity contribution in [2.24, 2.45) is 11.8 Å². The molecule has 2 atom stereocenters. The zero-order chi connectivity index (χ0) is 20.9. The Bertz CT molecular complexity index is 1120. The van der Waals surface area contributed by atoms with Crippen molar-refractivity contribution in [3.05, 3.63) is 84.4 Å². The van der Waals surface area contributed by atoms with Gasteiger partial charge in [0, 0.05) is 0 Å². The Labute approximate surface area is 174 Å². The summed E-state index contributed by atoms with van der Waals surface area (Å²) in [6.45, 7) is 0. The molecule has 1 aliphatic rings. The molecular formula is C24H19N3O3. The van der Waals surface area contributed by atoms with E-state index in [1.54, 1.807) is 36.4 Å². The Balaban J connectivity index is 1.39. The first-order valence-corrected chi connectivity index (χ1v) is 9.58. The topological polar surface area (TPSA) is 91.2 Å². The second kappa shape index (κ2) is 8.50. The fourth-order valence-electron chi connectivity index (χ4n) is 3.19. The number of nitriles is 1. The number of ether oxygens (including phenoxy) is 1. The molecule has 6 nitrogen and oxygen atoms in total. The number of carbonyl (C=O) groups excluding carboxylic acids is 2. The minimum atomic E-state index is -0.418. The van der Waals surface area contributed by atoms with Crippen molar-refractivity contribution in [2.45, 2.75) is 6.42 Å². The second-order valence-corrected chi connectivity index (χ2v) is 7.00. The van der Waals surface area contributed by atoms with E-state index < -0.39 is 11.8 Å². The van der Waals surface area contributed by atoms with Gasteiger partial charge >= 0.3 is 0 Å². The normalized spacial score (nSPS) is 16.8. The molecular weight excluding hydrogens is 378 g/mol. The van der Waals surface area contributed by atoms with Crippen LogP contribution in [-0.4, -0.2) is 11.8 Å². The van der Waals surface area contributed by atoms with Crippen LogP contribution in [0.5, 0.6) is 11.5 Å². The molecule has 0 saturated heterocycles. The van der Waals surface area contributed by atoms with Gasteiger partial charge in [-0.05, 0) is 42.8 Å². The smallest absolute Gasteiger partial charge is 0.228 e. The third-order valence-electron chi connectivity index (χ3n) is 4.89. The number of hydrogen-bond donors (Lipinski definition) is 2. The summed E-state index contributed by atoms with van der Waals surface area (Å²) >= 11 is 0. The van der Waals surface area contributed by atoms with Gasteiger partial charge < -0.3 is 15.4 Å². The number of anilines is 2. The third-order valence-corrected chi connectivity index (χ3v) is 4.89. The third kappa shape index (κ3) is 4.31. The van der Waals surface area contributed by atoms with Gasteiger partial charge in [-0.2, -0.15) is 5.26 Å². The van der Waals surface area contributed by atoms with Gasteiger partial charge in [0.25, 0.3) is 0 Å². The van der Waals surface area contributed by atoms with E-state index in [0.29, 0.717) is 34.9 Å². The maximum atomic E-state index is 12.7. The van der Waals surface area contributed by atoms with Gasteiger partial charge in [-0.25, -0.2) is 0 Å². The lowest BCUT2D eigenvalue weighted by Gasteiger charge is -2.12. The Kier molecular flexibility index (Phi) is 5.44. The van der Waals surface area contributed by atoms with Crippen LogP contribution < -0.4 is 15.4 Å². The monoisotopic (exact) mass is 397 g/mol. The number of benzene rings is 3. The Hall–Kier alpha value is -4.11. The van der Waals surface area contributed by atoms with E-state index in [2.05, 4.69) is 10.6 Å². The predicted molar refractivity (Wildman–Crippen MR) is 113 cm³/mol. The SMILES string of the molecule is N#Cc1ccccc1NC(=O)C1CC1C(=O)Nc1ccccc1Oc1ccccc1.